The summed E-state index contributed by atoms with van der Waals surface area (Å²) in [7, 11) is 1.60. The second-order valence-corrected chi connectivity index (χ2v) is 4.85. The summed E-state index contributed by atoms with van der Waals surface area (Å²) in [6.07, 6.45) is 1.86. The first-order chi connectivity index (χ1) is 10.3. The second kappa shape index (κ2) is 7.24. The number of hydrogen-bond acceptors (Lipinski definition) is 5. The van der Waals surface area contributed by atoms with Crippen molar-refractivity contribution in [2.75, 3.05) is 19.0 Å². The normalized spacial score (nSPS) is 16.9. The Morgan fingerprint density at radius 2 is 2.23 bits per heavy atom. The van der Waals surface area contributed by atoms with Gasteiger partial charge in [-0.25, -0.2) is 0 Å². The molecule has 3 N–H and O–H groups in total. The number of methoxy groups -OCH3 is 1. The minimum Gasteiger partial charge on any atom is -0.496 e. The lowest BCUT2D eigenvalue weighted by atomic mass is 10.2. The van der Waals surface area contributed by atoms with Crippen molar-refractivity contribution in [3.8, 4) is 17.1 Å². The minimum absolute atomic E-state index is 0. The third-order valence-corrected chi connectivity index (χ3v) is 3.46. The second-order valence-electron chi connectivity index (χ2n) is 4.85. The van der Waals surface area contributed by atoms with Gasteiger partial charge in [-0.1, -0.05) is 12.1 Å². The highest BCUT2D eigenvalue weighted by atomic mass is 35.5. The van der Waals surface area contributed by atoms with E-state index in [-0.39, 0.29) is 30.3 Å². The van der Waals surface area contributed by atoms with Gasteiger partial charge in [-0.05, 0) is 31.5 Å². The molecule has 8 heteroatoms. The Kier molecular flexibility index (Phi) is 5.35. The van der Waals surface area contributed by atoms with E-state index in [1.54, 1.807) is 7.11 Å². The summed E-state index contributed by atoms with van der Waals surface area (Å²) in [6.45, 7) is 0.874. The van der Waals surface area contributed by atoms with Crippen LogP contribution in [0, 0.1) is 0 Å². The van der Waals surface area contributed by atoms with Gasteiger partial charge in [0.05, 0.1) is 18.7 Å². The number of nitrogens with one attached hydrogen (secondary N) is 3. The molecule has 1 fully saturated rings. The molecule has 1 amide bonds. The molecule has 0 bridgehead atoms. The van der Waals surface area contributed by atoms with Crippen LogP contribution in [0.15, 0.2) is 24.3 Å². The van der Waals surface area contributed by atoms with E-state index in [4.69, 9.17) is 4.74 Å². The summed E-state index contributed by atoms with van der Waals surface area (Å²) in [4.78, 5) is 16.3. The number of benzene rings is 1. The van der Waals surface area contributed by atoms with Crippen LogP contribution in [-0.2, 0) is 4.79 Å². The number of aromatic nitrogens is 3. The molecule has 0 aliphatic carbocycles. The number of H-pyrrole nitrogens is 1. The summed E-state index contributed by atoms with van der Waals surface area (Å²) >= 11 is 0. The van der Waals surface area contributed by atoms with Gasteiger partial charge in [0.2, 0.25) is 11.9 Å². The number of para-hydroxylation sites is 1. The van der Waals surface area contributed by atoms with E-state index in [2.05, 4.69) is 25.8 Å². The lowest BCUT2D eigenvalue weighted by Gasteiger charge is -2.07. The molecule has 0 radical (unpaired) electrons. The summed E-state index contributed by atoms with van der Waals surface area (Å²) in [5.41, 5.74) is 0.798. The highest BCUT2D eigenvalue weighted by Gasteiger charge is 2.23. The molecular formula is C14H18ClN5O2. The van der Waals surface area contributed by atoms with Crippen LogP contribution in [0.5, 0.6) is 5.75 Å². The molecule has 1 aromatic carbocycles. The SMILES string of the molecule is COc1ccccc1-c1nc(NC(=O)C2CCCN2)n[nH]1.Cl. The van der Waals surface area contributed by atoms with Gasteiger partial charge in [0, 0.05) is 0 Å². The van der Waals surface area contributed by atoms with Crippen molar-refractivity contribution < 1.29 is 9.53 Å². The minimum atomic E-state index is -0.154. The van der Waals surface area contributed by atoms with Crippen molar-refractivity contribution in [3.63, 3.8) is 0 Å². The summed E-state index contributed by atoms with van der Waals surface area (Å²) in [5.74, 6) is 1.43. The molecule has 2 aromatic rings. The molecule has 0 saturated carbocycles. The smallest absolute Gasteiger partial charge is 0.249 e. The van der Waals surface area contributed by atoms with E-state index in [0.717, 1.165) is 24.9 Å². The summed E-state index contributed by atoms with van der Waals surface area (Å²) < 4.78 is 5.29. The molecule has 1 aliphatic heterocycles. The maximum atomic E-state index is 12.0. The largest absolute Gasteiger partial charge is 0.496 e. The number of carbonyl (C=O) groups is 1. The molecule has 2 heterocycles. The Morgan fingerprint density at radius 1 is 1.41 bits per heavy atom. The van der Waals surface area contributed by atoms with Crippen molar-refractivity contribution >= 4 is 24.3 Å². The number of hydrogen-bond donors (Lipinski definition) is 3. The Balaban J connectivity index is 0.00000176. The number of halogens is 1. The zero-order valence-corrected chi connectivity index (χ0v) is 12.9. The quantitative estimate of drug-likeness (QED) is 0.794. The topological polar surface area (TPSA) is 91.9 Å². The molecule has 0 spiro atoms. The predicted molar refractivity (Wildman–Crippen MR) is 85.3 cm³/mol. The molecule has 1 atom stereocenters. The summed E-state index contributed by atoms with van der Waals surface area (Å²) in [6, 6.07) is 7.34. The standard InChI is InChI=1S/C14H17N5O2.ClH/c1-21-11-7-3-2-5-9(11)12-16-14(19-18-12)17-13(20)10-6-4-8-15-10;/h2-3,5,7,10,15H,4,6,8H2,1H3,(H2,16,17,18,19,20);1H. The monoisotopic (exact) mass is 323 g/mol. The molecule has 3 rings (SSSR count). The maximum Gasteiger partial charge on any atom is 0.249 e. The number of anilines is 1. The van der Waals surface area contributed by atoms with Crippen LogP contribution in [0.25, 0.3) is 11.4 Å². The number of carbonyl (C=O) groups excluding carboxylic acids is 1. The third-order valence-electron chi connectivity index (χ3n) is 3.46. The van der Waals surface area contributed by atoms with E-state index >= 15 is 0 Å². The first-order valence-electron chi connectivity index (χ1n) is 6.88. The van der Waals surface area contributed by atoms with Gasteiger partial charge in [-0.3, -0.25) is 15.2 Å². The lowest BCUT2D eigenvalue weighted by Crippen LogP contribution is -2.35. The Hall–Kier alpha value is -2.12. The van der Waals surface area contributed by atoms with Crippen LogP contribution >= 0.6 is 12.4 Å². The van der Waals surface area contributed by atoms with Gasteiger partial charge < -0.3 is 10.1 Å². The highest BCUT2D eigenvalue weighted by molar-refractivity contribution is 5.93. The number of amides is 1. The Morgan fingerprint density at radius 3 is 2.95 bits per heavy atom. The average Bonchev–Trinajstić information content (AvgIpc) is 3.18. The number of nitrogens with zero attached hydrogens (tertiary/aromatic N) is 2. The van der Waals surface area contributed by atoms with Gasteiger partial charge in [0.25, 0.3) is 0 Å². The van der Waals surface area contributed by atoms with Crippen LogP contribution in [0.1, 0.15) is 12.8 Å². The van der Waals surface area contributed by atoms with E-state index in [1.165, 1.54) is 0 Å². The van der Waals surface area contributed by atoms with Gasteiger partial charge in [-0.2, -0.15) is 4.98 Å². The zero-order chi connectivity index (χ0) is 14.7. The summed E-state index contributed by atoms with van der Waals surface area (Å²) in [5, 5.41) is 12.7. The van der Waals surface area contributed by atoms with Crippen LogP contribution in [0.4, 0.5) is 5.95 Å². The Labute approximate surface area is 134 Å². The van der Waals surface area contributed by atoms with Gasteiger partial charge in [-0.15, -0.1) is 17.5 Å². The van der Waals surface area contributed by atoms with Crippen molar-refractivity contribution in [1.29, 1.82) is 0 Å². The fraction of sp³-hybridized carbons (Fsp3) is 0.357. The van der Waals surface area contributed by atoms with Crippen molar-refractivity contribution in [2.45, 2.75) is 18.9 Å². The fourth-order valence-corrected chi connectivity index (χ4v) is 2.38. The molecule has 118 valence electrons. The van der Waals surface area contributed by atoms with Crippen LogP contribution in [-0.4, -0.2) is 40.8 Å². The maximum absolute atomic E-state index is 12.0. The van der Waals surface area contributed by atoms with Crippen molar-refractivity contribution in [2.24, 2.45) is 0 Å². The highest BCUT2D eigenvalue weighted by Crippen LogP contribution is 2.27. The number of rotatable bonds is 4. The van der Waals surface area contributed by atoms with E-state index < -0.39 is 0 Å². The molecular weight excluding hydrogens is 306 g/mol. The average molecular weight is 324 g/mol. The lowest BCUT2D eigenvalue weighted by molar-refractivity contribution is -0.117. The van der Waals surface area contributed by atoms with Crippen LogP contribution in [0.3, 0.4) is 0 Å². The van der Waals surface area contributed by atoms with E-state index in [0.29, 0.717) is 11.6 Å². The van der Waals surface area contributed by atoms with E-state index in [9.17, 15) is 4.79 Å². The molecule has 1 aliphatic rings. The molecule has 1 aromatic heterocycles. The molecule has 1 saturated heterocycles. The predicted octanol–water partition coefficient (Wildman–Crippen LogP) is 1.59. The third kappa shape index (κ3) is 3.37. The van der Waals surface area contributed by atoms with Gasteiger partial charge in [0.1, 0.15) is 5.75 Å². The number of ether oxygens (including phenoxy) is 1. The molecule has 22 heavy (non-hydrogen) atoms. The van der Waals surface area contributed by atoms with Gasteiger partial charge >= 0.3 is 0 Å². The Bertz CT molecular complexity index is 640. The van der Waals surface area contributed by atoms with Gasteiger partial charge in [0.15, 0.2) is 5.82 Å². The first-order valence-corrected chi connectivity index (χ1v) is 6.88. The van der Waals surface area contributed by atoms with Crippen molar-refractivity contribution in [1.82, 2.24) is 20.5 Å². The number of aromatic amines is 1. The van der Waals surface area contributed by atoms with Crippen LogP contribution in [0.2, 0.25) is 0 Å². The van der Waals surface area contributed by atoms with Crippen LogP contribution < -0.4 is 15.4 Å². The molecule has 1 unspecified atom stereocenters. The molecule has 7 nitrogen and oxygen atoms in total. The zero-order valence-electron chi connectivity index (χ0n) is 12.1. The fourth-order valence-electron chi connectivity index (χ4n) is 2.38. The van der Waals surface area contributed by atoms with Crippen molar-refractivity contribution in [3.05, 3.63) is 24.3 Å². The first kappa shape index (κ1) is 16.3. The van der Waals surface area contributed by atoms with E-state index in [1.807, 2.05) is 24.3 Å².